The van der Waals surface area contributed by atoms with E-state index in [1.807, 2.05) is 0 Å². The van der Waals surface area contributed by atoms with E-state index in [1.165, 1.54) is 0 Å². The van der Waals surface area contributed by atoms with Crippen molar-refractivity contribution in [2.75, 3.05) is 13.1 Å². The number of likely N-dealkylation sites (tertiary alicyclic amines) is 1. The Labute approximate surface area is 66.5 Å². The molecule has 11 heavy (non-hydrogen) atoms. The predicted molar refractivity (Wildman–Crippen MR) is 42.5 cm³/mol. The van der Waals surface area contributed by atoms with E-state index in [2.05, 4.69) is 6.92 Å². The number of nitrogens with two attached hydrogens (primary N) is 2. The third-order valence-electron chi connectivity index (χ3n) is 2.05. The lowest BCUT2D eigenvalue weighted by molar-refractivity contribution is -0.130. The molecular formula is C7H15N3O. The minimum absolute atomic E-state index is 0.0400. The molecule has 0 aromatic rings. The first-order valence-corrected chi connectivity index (χ1v) is 3.90. The summed E-state index contributed by atoms with van der Waals surface area (Å²) in [6.07, 6.45) is 0.784. The molecule has 1 aliphatic heterocycles. The van der Waals surface area contributed by atoms with Gasteiger partial charge in [-0.1, -0.05) is 6.92 Å². The predicted octanol–water partition coefficient (Wildman–Crippen LogP) is -0.902. The van der Waals surface area contributed by atoms with E-state index in [9.17, 15) is 4.79 Å². The van der Waals surface area contributed by atoms with E-state index in [0.717, 1.165) is 13.0 Å². The molecule has 1 unspecified atom stereocenters. The standard InChI is InChI=1S/C7H15N3O/c1-5-2-6(9)10(4-5)7(11)3-8/h5-6H,2-4,8-9H2,1H3/t5-,6?/m0/s1. The summed E-state index contributed by atoms with van der Waals surface area (Å²) in [6.45, 7) is 2.92. The monoisotopic (exact) mass is 157 g/mol. The minimum Gasteiger partial charge on any atom is -0.326 e. The van der Waals surface area contributed by atoms with Crippen LogP contribution in [0.15, 0.2) is 0 Å². The van der Waals surface area contributed by atoms with Gasteiger partial charge in [0.15, 0.2) is 0 Å². The highest BCUT2D eigenvalue weighted by molar-refractivity contribution is 5.78. The summed E-state index contributed by atoms with van der Waals surface area (Å²) >= 11 is 0. The smallest absolute Gasteiger partial charge is 0.237 e. The maximum atomic E-state index is 11.1. The van der Waals surface area contributed by atoms with Crippen LogP contribution in [0.25, 0.3) is 0 Å². The lowest BCUT2D eigenvalue weighted by Crippen LogP contribution is -2.43. The van der Waals surface area contributed by atoms with Gasteiger partial charge in [0.1, 0.15) is 0 Å². The highest BCUT2D eigenvalue weighted by Crippen LogP contribution is 2.18. The first-order valence-electron chi connectivity index (χ1n) is 3.90. The number of carbonyl (C=O) groups is 1. The fourth-order valence-electron chi connectivity index (χ4n) is 1.49. The van der Waals surface area contributed by atoms with Crippen molar-refractivity contribution in [2.45, 2.75) is 19.5 Å². The van der Waals surface area contributed by atoms with Crippen molar-refractivity contribution in [1.82, 2.24) is 4.90 Å². The average Bonchev–Trinajstić information content (AvgIpc) is 2.28. The summed E-state index contributed by atoms with van der Waals surface area (Å²) in [4.78, 5) is 12.7. The van der Waals surface area contributed by atoms with Crippen molar-refractivity contribution < 1.29 is 4.79 Å². The van der Waals surface area contributed by atoms with Crippen LogP contribution < -0.4 is 11.5 Å². The minimum atomic E-state index is -0.110. The van der Waals surface area contributed by atoms with Gasteiger partial charge in [0, 0.05) is 6.54 Å². The van der Waals surface area contributed by atoms with Crippen molar-refractivity contribution in [3.05, 3.63) is 0 Å². The van der Waals surface area contributed by atoms with Crippen LogP contribution in [-0.4, -0.2) is 30.1 Å². The molecule has 1 amide bonds. The Balaban J connectivity index is 2.52. The second-order valence-corrected chi connectivity index (χ2v) is 3.16. The Morgan fingerprint density at radius 1 is 1.73 bits per heavy atom. The molecule has 1 aliphatic rings. The topological polar surface area (TPSA) is 72.3 Å². The van der Waals surface area contributed by atoms with Gasteiger partial charge in [0.2, 0.25) is 5.91 Å². The molecule has 64 valence electrons. The number of hydrogen-bond acceptors (Lipinski definition) is 3. The summed E-state index contributed by atoms with van der Waals surface area (Å²) in [5.74, 6) is 0.474. The molecular weight excluding hydrogens is 142 g/mol. The molecule has 0 bridgehead atoms. The van der Waals surface area contributed by atoms with E-state index in [0.29, 0.717) is 5.92 Å². The van der Waals surface area contributed by atoms with E-state index in [1.54, 1.807) is 4.90 Å². The van der Waals surface area contributed by atoms with Crippen molar-refractivity contribution in [3.8, 4) is 0 Å². The first-order chi connectivity index (χ1) is 5.15. The van der Waals surface area contributed by atoms with Gasteiger partial charge >= 0.3 is 0 Å². The molecule has 4 nitrogen and oxygen atoms in total. The molecule has 0 saturated carbocycles. The Hall–Kier alpha value is -0.610. The van der Waals surface area contributed by atoms with Gasteiger partial charge < -0.3 is 16.4 Å². The van der Waals surface area contributed by atoms with Crippen LogP contribution in [0.4, 0.5) is 0 Å². The van der Waals surface area contributed by atoms with E-state index < -0.39 is 0 Å². The lowest BCUT2D eigenvalue weighted by Gasteiger charge is -2.19. The van der Waals surface area contributed by atoms with Crippen LogP contribution in [0.1, 0.15) is 13.3 Å². The third-order valence-corrected chi connectivity index (χ3v) is 2.05. The molecule has 1 saturated heterocycles. The maximum absolute atomic E-state index is 11.1. The quantitative estimate of drug-likeness (QED) is 0.518. The van der Waals surface area contributed by atoms with Gasteiger partial charge in [0.25, 0.3) is 0 Å². The number of carbonyl (C=O) groups excluding carboxylic acids is 1. The second-order valence-electron chi connectivity index (χ2n) is 3.16. The Bertz CT molecular complexity index is 160. The molecule has 1 heterocycles. The zero-order valence-corrected chi connectivity index (χ0v) is 6.79. The fraction of sp³-hybridized carbons (Fsp3) is 0.857. The molecule has 0 aliphatic carbocycles. The van der Waals surface area contributed by atoms with Gasteiger partial charge in [-0.05, 0) is 12.3 Å². The number of rotatable bonds is 1. The van der Waals surface area contributed by atoms with Crippen LogP contribution >= 0.6 is 0 Å². The van der Waals surface area contributed by atoms with Crippen LogP contribution in [0, 0.1) is 5.92 Å². The lowest BCUT2D eigenvalue weighted by atomic mass is 10.1. The van der Waals surface area contributed by atoms with Gasteiger partial charge in [0.05, 0.1) is 12.7 Å². The number of amides is 1. The molecule has 4 heteroatoms. The van der Waals surface area contributed by atoms with E-state index in [-0.39, 0.29) is 18.6 Å². The highest BCUT2D eigenvalue weighted by atomic mass is 16.2. The highest BCUT2D eigenvalue weighted by Gasteiger charge is 2.29. The van der Waals surface area contributed by atoms with Crippen molar-refractivity contribution in [1.29, 1.82) is 0 Å². The van der Waals surface area contributed by atoms with Crippen LogP contribution in [-0.2, 0) is 4.79 Å². The van der Waals surface area contributed by atoms with E-state index >= 15 is 0 Å². The van der Waals surface area contributed by atoms with Crippen LogP contribution in [0.3, 0.4) is 0 Å². The SMILES string of the molecule is C[C@H]1CC(N)N(C(=O)CN)C1. The Morgan fingerprint density at radius 3 is 2.73 bits per heavy atom. The second kappa shape index (κ2) is 3.19. The molecule has 4 N–H and O–H groups in total. The molecule has 1 rings (SSSR count). The van der Waals surface area contributed by atoms with Gasteiger partial charge in [-0.15, -0.1) is 0 Å². The number of hydrogen-bond donors (Lipinski definition) is 2. The summed E-state index contributed by atoms with van der Waals surface area (Å²) in [5, 5.41) is 0. The zero-order valence-electron chi connectivity index (χ0n) is 6.79. The summed E-state index contributed by atoms with van der Waals surface area (Å²) in [7, 11) is 0. The van der Waals surface area contributed by atoms with Gasteiger partial charge in [-0.3, -0.25) is 4.79 Å². The zero-order chi connectivity index (χ0) is 8.43. The molecule has 0 aromatic carbocycles. The summed E-state index contributed by atoms with van der Waals surface area (Å²) in [5.41, 5.74) is 10.9. The molecule has 1 fully saturated rings. The molecule has 2 atom stereocenters. The maximum Gasteiger partial charge on any atom is 0.237 e. The van der Waals surface area contributed by atoms with Crippen LogP contribution in [0.2, 0.25) is 0 Å². The summed E-state index contributed by atoms with van der Waals surface area (Å²) < 4.78 is 0. The first kappa shape index (κ1) is 8.49. The summed E-state index contributed by atoms with van der Waals surface area (Å²) in [6, 6.07) is 0. The normalized spacial score (nSPS) is 31.0. The van der Waals surface area contributed by atoms with Crippen LogP contribution in [0.5, 0.6) is 0 Å². The molecule has 0 radical (unpaired) electrons. The average molecular weight is 157 g/mol. The van der Waals surface area contributed by atoms with Crippen molar-refractivity contribution in [2.24, 2.45) is 17.4 Å². The third kappa shape index (κ3) is 1.70. The van der Waals surface area contributed by atoms with E-state index in [4.69, 9.17) is 11.5 Å². The largest absolute Gasteiger partial charge is 0.326 e. The Kier molecular flexibility index (Phi) is 2.46. The molecule has 0 spiro atoms. The van der Waals surface area contributed by atoms with Gasteiger partial charge in [-0.25, -0.2) is 0 Å². The number of nitrogens with zero attached hydrogens (tertiary/aromatic N) is 1. The molecule has 0 aromatic heterocycles. The fourth-order valence-corrected chi connectivity index (χ4v) is 1.49. The Morgan fingerprint density at radius 2 is 2.36 bits per heavy atom. The van der Waals surface area contributed by atoms with Crippen molar-refractivity contribution in [3.63, 3.8) is 0 Å². The van der Waals surface area contributed by atoms with Gasteiger partial charge in [-0.2, -0.15) is 0 Å². The van der Waals surface area contributed by atoms with Crippen molar-refractivity contribution >= 4 is 5.91 Å².